The minimum atomic E-state index is -0.242. The third-order valence-electron chi connectivity index (χ3n) is 5.39. The zero-order valence-electron chi connectivity index (χ0n) is 17.8. The van der Waals surface area contributed by atoms with Crippen LogP contribution in [0, 0.1) is 0 Å². The lowest BCUT2D eigenvalue weighted by Crippen LogP contribution is -2.55. The summed E-state index contributed by atoms with van der Waals surface area (Å²) in [5, 5.41) is 7.61. The fraction of sp³-hybridized carbons (Fsp3) is 0.524. The molecule has 1 amide bonds. The van der Waals surface area contributed by atoms with Gasteiger partial charge >= 0.3 is 0 Å². The summed E-state index contributed by atoms with van der Waals surface area (Å²) in [4.78, 5) is 25.9. The normalized spacial score (nSPS) is 19.3. The number of hydrogen-bond donors (Lipinski definition) is 1. The zero-order chi connectivity index (χ0) is 20.8. The quantitative estimate of drug-likeness (QED) is 0.354. The zero-order valence-corrected chi connectivity index (χ0v) is 20.1. The predicted octanol–water partition coefficient (Wildman–Crippen LogP) is 1.67. The van der Waals surface area contributed by atoms with E-state index in [0.29, 0.717) is 26.2 Å². The van der Waals surface area contributed by atoms with Gasteiger partial charge in [0.15, 0.2) is 11.8 Å². The van der Waals surface area contributed by atoms with Crippen molar-refractivity contribution in [3.63, 3.8) is 0 Å². The lowest BCUT2D eigenvalue weighted by Gasteiger charge is -2.37. The van der Waals surface area contributed by atoms with Gasteiger partial charge in [-0.2, -0.15) is 5.10 Å². The number of carbonyl (C=O) groups is 1. The second-order valence-electron chi connectivity index (χ2n) is 7.46. The second kappa shape index (κ2) is 11.4. The van der Waals surface area contributed by atoms with E-state index in [0.717, 1.165) is 49.8 Å². The number of amides is 1. The molecule has 0 spiro atoms. The van der Waals surface area contributed by atoms with E-state index in [-0.39, 0.29) is 36.0 Å². The van der Waals surface area contributed by atoms with Crippen molar-refractivity contribution in [2.75, 3.05) is 39.3 Å². The van der Waals surface area contributed by atoms with E-state index >= 15 is 0 Å². The Morgan fingerprint density at radius 2 is 2.06 bits per heavy atom. The van der Waals surface area contributed by atoms with Crippen molar-refractivity contribution in [2.24, 2.45) is 4.99 Å². The average Bonchev–Trinajstić information content (AvgIpc) is 3.51. The molecular weight excluding hydrogens is 509 g/mol. The fourth-order valence-electron chi connectivity index (χ4n) is 3.80. The second-order valence-corrected chi connectivity index (χ2v) is 7.46. The summed E-state index contributed by atoms with van der Waals surface area (Å²) in [5.41, 5.74) is 1.07. The van der Waals surface area contributed by atoms with Crippen LogP contribution in [0.5, 0.6) is 0 Å². The summed E-state index contributed by atoms with van der Waals surface area (Å²) in [7, 11) is 0. The van der Waals surface area contributed by atoms with Gasteiger partial charge in [0.1, 0.15) is 6.10 Å². The molecule has 1 unspecified atom stereocenters. The maximum Gasteiger partial charge on any atom is 0.251 e. The van der Waals surface area contributed by atoms with Crippen molar-refractivity contribution in [1.29, 1.82) is 0 Å². The van der Waals surface area contributed by atoms with Crippen LogP contribution in [0.4, 0.5) is 0 Å². The van der Waals surface area contributed by atoms with Gasteiger partial charge in [0, 0.05) is 57.9 Å². The molecule has 1 atom stereocenters. The molecule has 2 fully saturated rings. The Morgan fingerprint density at radius 3 is 2.74 bits per heavy atom. The first kappa shape index (κ1) is 23.5. The number of rotatable bonds is 5. The molecule has 0 aromatic carbocycles. The van der Waals surface area contributed by atoms with Gasteiger partial charge < -0.3 is 19.9 Å². The molecule has 31 heavy (non-hydrogen) atoms. The van der Waals surface area contributed by atoms with Gasteiger partial charge in [-0.3, -0.25) is 4.79 Å². The van der Waals surface area contributed by atoms with E-state index < -0.39 is 0 Å². The Morgan fingerprint density at radius 1 is 1.26 bits per heavy atom. The largest absolute Gasteiger partial charge is 0.368 e. The minimum absolute atomic E-state index is 0. The summed E-state index contributed by atoms with van der Waals surface area (Å²) >= 11 is 0. The molecular formula is C21H30IN7O2. The molecule has 4 rings (SSSR count). The van der Waals surface area contributed by atoms with Crippen LogP contribution in [0.25, 0.3) is 5.82 Å². The molecule has 9 nitrogen and oxygen atoms in total. The van der Waals surface area contributed by atoms with Gasteiger partial charge in [0.25, 0.3) is 5.91 Å². The minimum Gasteiger partial charge on any atom is -0.368 e. The van der Waals surface area contributed by atoms with Crippen LogP contribution in [0.15, 0.2) is 41.8 Å². The van der Waals surface area contributed by atoms with Crippen molar-refractivity contribution >= 4 is 35.8 Å². The van der Waals surface area contributed by atoms with Gasteiger partial charge in [0.2, 0.25) is 0 Å². The number of piperazine rings is 1. The van der Waals surface area contributed by atoms with E-state index in [1.807, 2.05) is 29.3 Å². The van der Waals surface area contributed by atoms with E-state index in [1.165, 1.54) is 0 Å². The van der Waals surface area contributed by atoms with Crippen LogP contribution in [0.3, 0.4) is 0 Å². The van der Waals surface area contributed by atoms with Crippen molar-refractivity contribution in [1.82, 2.24) is 29.9 Å². The van der Waals surface area contributed by atoms with E-state index in [1.54, 1.807) is 17.1 Å². The summed E-state index contributed by atoms with van der Waals surface area (Å²) < 4.78 is 7.29. The molecule has 2 aliphatic rings. The average molecular weight is 539 g/mol. The van der Waals surface area contributed by atoms with Crippen molar-refractivity contribution < 1.29 is 9.53 Å². The monoisotopic (exact) mass is 539 g/mol. The van der Waals surface area contributed by atoms with Crippen LogP contribution >= 0.6 is 24.0 Å². The Kier molecular flexibility index (Phi) is 8.64. The van der Waals surface area contributed by atoms with Crippen LogP contribution in [-0.4, -0.2) is 81.9 Å². The van der Waals surface area contributed by atoms with Crippen LogP contribution in [-0.2, 0) is 16.1 Å². The molecule has 0 bridgehead atoms. The van der Waals surface area contributed by atoms with Crippen molar-refractivity contribution in [3.8, 4) is 5.82 Å². The number of halogens is 1. The Bertz CT molecular complexity index is 860. The molecule has 168 valence electrons. The number of nitrogens with zero attached hydrogens (tertiary/aromatic N) is 6. The van der Waals surface area contributed by atoms with Crippen LogP contribution < -0.4 is 5.32 Å². The first-order chi connectivity index (χ1) is 14.7. The summed E-state index contributed by atoms with van der Waals surface area (Å²) in [6.07, 6.45) is 6.97. The standard InChI is InChI=1S/C21H29N7O2.HI/c1-2-22-21(24-16-17-6-8-23-19(15-17)28-9-4-7-25-28)27-12-10-26(11-13-27)20(29)18-5-3-14-30-18;/h4,6-9,15,18H,2-3,5,10-14,16H2,1H3,(H,22,24);1H. The highest BCUT2D eigenvalue weighted by Crippen LogP contribution is 2.16. The first-order valence-electron chi connectivity index (χ1n) is 10.6. The Hall–Kier alpha value is -2.21. The van der Waals surface area contributed by atoms with Gasteiger partial charge in [-0.15, -0.1) is 24.0 Å². The van der Waals surface area contributed by atoms with Crippen LogP contribution in [0.2, 0.25) is 0 Å². The Labute approximate surface area is 199 Å². The third kappa shape index (κ3) is 5.94. The number of guanidine groups is 1. The highest BCUT2D eigenvalue weighted by molar-refractivity contribution is 14.0. The van der Waals surface area contributed by atoms with Gasteiger partial charge in [-0.25, -0.2) is 14.7 Å². The van der Waals surface area contributed by atoms with E-state index in [2.05, 4.69) is 27.2 Å². The number of nitrogens with one attached hydrogen (secondary N) is 1. The maximum absolute atomic E-state index is 12.6. The van der Waals surface area contributed by atoms with Crippen molar-refractivity contribution in [3.05, 3.63) is 42.4 Å². The molecule has 10 heteroatoms. The molecule has 2 aliphatic heterocycles. The van der Waals surface area contributed by atoms with Crippen LogP contribution in [0.1, 0.15) is 25.3 Å². The molecule has 0 radical (unpaired) electrons. The van der Waals surface area contributed by atoms with Crippen molar-refractivity contribution in [2.45, 2.75) is 32.4 Å². The topological polar surface area (TPSA) is 87.9 Å². The highest BCUT2D eigenvalue weighted by atomic mass is 127. The first-order valence-corrected chi connectivity index (χ1v) is 10.6. The number of carbonyl (C=O) groups excluding carboxylic acids is 1. The molecule has 4 heterocycles. The number of aliphatic imine (C=N–C) groups is 1. The van der Waals surface area contributed by atoms with Gasteiger partial charge in [-0.1, -0.05) is 0 Å². The number of hydrogen-bond acceptors (Lipinski definition) is 5. The van der Waals surface area contributed by atoms with E-state index in [4.69, 9.17) is 9.73 Å². The molecule has 2 saturated heterocycles. The lowest BCUT2D eigenvalue weighted by molar-refractivity contribution is -0.142. The van der Waals surface area contributed by atoms with Gasteiger partial charge in [-0.05, 0) is 43.5 Å². The van der Waals surface area contributed by atoms with Gasteiger partial charge in [0.05, 0.1) is 6.54 Å². The summed E-state index contributed by atoms with van der Waals surface area (Å²) in [6.45, 7) is 7.03. The smallest absolute Gasteiger partial charge is 0.251 e. The van der Waals surface area contributed by atoms with E-state index in [9.17, 15) is 4.79 Å². The summed E-state index contributed by atoms with van der Waals surface area (Å²) in [6, 6.07) is 5.84. The SMILES string of the molecule is CCNC(=NCc1ccnc(-n2cccn2)c1)N1CCN(C(=O)C2CCCO2)CC1.I. The Balaban J connectivity index is 0.00000272. The molecule has 2 aromatic heterocycles. The number of ether oxygens (including phenoxy) is 1. The fourth-order valence-corrected chi connectivity index (χ4v) is 3.80. The predicted molar refractivity (Wildman–Crippen MR) is 129 cm³/mol. The lowest BCUT2D eigenvalue weighted by atomic mass is 10.2. The maximum atomic E-state index is 12.6. The molecule has 2 aromatic rings. The number of pyridine rings is 1. The highest BCUT2D eigenvalue weighted by Gasteiger charge is 2.30. The summed E-state index contributed by atoms with van der Waals surface area (Å²) in [5.74, 6) is 1.79. The number of aromatic nitrogens is 3. The molecule has 0 saturated carbocycles. The third-order valence-corrected chi connectivity index (χ3v) is 5.39. The molecule has 1 N–H and O–H groups in total. The molecule has 0 aliphatic carbocycles.